The second-order valence-electron chi connectivity index (χ2n) is 6.55. The van der Waals surface area contributed by atoms with Crippen molar-refractivity contribution >= 4 is 17.7 Å². The van der Waals surface area contributed by atoms with Gasteiger partial charge in [-0.25, -0.2) is 0 Å². The normalized spacial score (nSPS) is 11.2. The summed E-state index contributed by atoms with van der Waals surface area (Å²) in [5, 5.41) is 12.1. The first-order valence-electron chi connectivity index (χ1n) is 8.84. The van der Waals surface area contributed by atoms with Crippen LogP contribution in [0.4, 0.5) is 5.69 Å². The average Bonchev–Trinajstić information content (AvgIpc) is 2.60. The van der Waals surface area contributed by atoms with Gasteiger partial charge in [0.15, 0.2) is 0 Å². The van der Waals surface area contributed by atoms with Gasteiger partial charge >= 0.3 is 0 Å². The molecule has 0 unspecified atom stereocenters. The van der Waals surface area contributed by atoms with Crippen LogP contribution in [-0.2, 0) is 4.79 Å². The van der Waals surface area contributed by atoms with E-state index in [0.717, 1.165) is 11.3 Å². The molecule has 0 aliphatic rings. The Morgan fingerprint density at radius 1 is 1.00 bits per heavy atom. The van der Waals surface area contributed by atoms with E-state index in [1.54, 1.807) is 36.4 Å². The second-order valence-corrected chi connectivity index (χ2v) is 6.55. The molecule has 0 fully saturated rings. The molecular weight excluding hydrogens is 340 g/mol. The maximum atomic E-state index is 12.4. The maximum Gasteiger partial charge on any atom is 0.266 e. The van der Waals surface area contributed by atoms with Crippen LogP contribution in [0.3, 0.4) is 0 Å². The fourth-order valence-corrected chi connectivity index (χ4v) is 2.35. The predicted molar refractivity (Wildman–Crippen MR) is 107 cm³/mol. The first-order chi connectivity index (χ1) is 12.9. The lowest BCUT2D eigenvalue weighted by Crippen LogP contribution is -2.13. The van der Waals surface area contributed by atoms with Gasteiger partial charge in [0.25, 0.3) is 5.91 Å². The zero-order chi connectivity index (χ0) is 19.8. The summed E-state index contributed by atoms with van der Waals surface area (Å²) in [6.45, 7) is 7.76. The van der Waals surface area contributed by atoms with Crippen LogP contribution in [0.1, 0.15) is 33.3 Å². The largest absolute Gasteiger partial charge is 0.491 e. The number of hydrogen-bond acceptors (Lipinski definition) is 4. The summed E-state index contributed by atoms with van der Waals surface area (Å²) < 4.78 is 11.2. The molecule has 1 N–H and O–H groups in total. The molecular formula is C22H24N2O3. The SMILES string of the molecule is CC(C)Oc1ccc(/C=C(/C#N)C(=O)Nc2cccc(OC(C)C)c2)cc1. The van der Waals surface area contributed by atoms with E-state index in [1.807, 2.05) is 52.0 Å². The summed E-state index contributed by atoms with van der Waals surface area (Å²) in [5.74, 6) is 0.930. The monoisotopic (exact) mass is 364 g/mol. The van der Waals surface area contributed by atoms with Crippen LogP contribution in [0.2, 0.25) is 0 Å². The van der Waals surface area contributed by atoms with E-state index in [0.29, 0.717) is 11.4 Å². The minimum Gasteiger partial charge on any atom is -0.491 e. The maximum absolute atomic E-state index is 12.4. The minimum atomic E-state index is -0.471. The van der Waals surface area contributed by atoms with Gasteiger partial charge in [0.2, 0.25) is 0 Å². The molecule has 2 aromatic carbocycles. The Kier molecular flexibility index (Phi) is 7.01. The molecule has 0 radical (unpaired) electrons. The first kappa shape index (κ1) is 20.1. The number of benzene rings is 2. The fourth-order valence-electron chi connectivity index (χ4n) is 2.35. The van der Waals surface area contributed by atoms with Gasteiger partial charge in [0.1, 0.15) is 23.1 Å². The Hall–Kier alpha value is -3.26. The van der Waals surface area contributed by atoms with Crippen LogP contribution in [-0.4, -0.2) is 18.1 Å². The van der Waals surface area contributed by atoms with Crippen LogP contribution < -0.4 is 14.8 Å². The van der Waals surface area contributed by atoms with E-state index < -0.39 is 5.91 Å². The third-order valence-electron chi connectivity index (χ3n) is 3.39. The first-order valence-corrected chi connectivity index (χ1v) is 8.84. The molecule has 0 aliphatic carbocycles. The summed E-state index contributed by atoms with van der Waals surface area (Å²) in [6.07, 6.45) is 1.67. The molecule has 0 saturated carbocycles. The van der Waals surface area contributed by atoms with Crippen molar-refractivity contribution in [2.75, 3.05) is 5.32 Å². The Morgan fingerprint density at radius 3 is 2.22 bits per heavy atom. The molecule has 0 aliphatic heterocycles. The number of nitrogens with zero attached hydrogens (tertiary/aromatic N) is 1. The topological polar surface area (TPSA) is 71.3 Å². The Balaban J connectivity index is 2.11. The van der Waals surface area contributed by atoms with Crippen molar-refractivity contribution in [2.45, 2.75) is 39.9 Å². The van der Waals surface area contributed by atoms with Gasteiger partial charge < -0.3 is 14.8 Å². The zero-order valence-corrected chi connectivity index (χ0v) is 16.0. The fraction of sp³-hybridized carbons (Fsp3) is 0.273. The van der Waals surface area contributed by atoms with Crippen LogP contribution in [0.15, 0.2) is 54.1 Å². The molecule has 5 nitrogen and oxygen atoms in total. The molecule has 0 bridgehead atoms. The molecule has 2 rings (SSSR count). The molecule has 0 aromatic heterocycles. The Morgan fingerprint density at radius 2 is 1.63 bits per heavy atom. The molecule has 0 spiro atoms. The summed E-state index contributed by atoms with van der Waals surface area (Å²) in [4.78, 5) is 12.4. The van der Waals surface area contributed by atoms with E-state index in [1.165, 1.54) is 0 Å². The number of amides is 1. The van der Waals surface area contributed by atoms with Crippen LogP contribution in [0.5, 0.6) is 11.5 Å². The summed E-state index contributed by atoms with van der Waals surface area (Å²) in [5.41, 5.74) is 1.33. The van der Waals surface area contributed by atoms with Crippen molar-refractivity contribution in [1.29, 1.82) is 5.26 Å². The quantitative estimate of drug-likeness (QED) is 0.565. The van der Waals surface area contributed by atoms with Crippen molar-refractivity contribution in [3.8, 4) is 17.6 Å². The highest BCUT2D eigenvalue weighted by atomic mass is 16.5. The Labute approximate surface area is 160 Å². The van der Waals surface area contributed by atoms with Crippen molar-refractivity contribution in [1.82, 2.24) is 0 Å². The highest BCUT2D eigenvalue weighted by Crippen LogP contribution is 2.20. The van der Waals surface area contributed by atoms with Gasteiger partial charge in [-0.05, 0) is 63.6 Å². The van der Waals surface area contributed by atoms with Crippen molar-refractivity contribution in [3.63, 3.8) is 0 Å². The third-order valence-corrected chi connectivity index (χ3v) is 3.39. The number of rotatable bonds is 7. The summed E-state index contributed by atoms with van der Waals surface area (Å²) in [6, 6.07) is 16.3. The highest BCUT2D eigenvalue weighted by Gasteiger charge is 2.10. The van der Waals surface area contributed by atoms with Crippen molar-refractivity contribution < 1.29 is 14.3 Å². The van der Waals surface area contributed by atoms with Crippen molar-refractivity contribution in [3.05, 3.63) is 59.7 Å². The lowest BCUT2D eigenvalue weighted by Gasteiger charge is -2.11. The van der Waals surface area contributed by atoms with E-state index in [9.17, 15) is 10.1 Å². The second kappa shape index (κ2) is 9.44. The molecule has 140 valence electrons. The number of nitriles is 1. The minimum absolute atomic E-state index is 0.0164. The van der Waals surface area contributed by atoms with E-state index in [2.05, 4.69) is 5.32 Å². The van der Waals surface area contributed by atoms with Crippen molar-refractivity contribution in [2.24, 2.45) is 0 Å². The van der Waals surface area contributed by atoms with Gasteiger partial charge in [0, 0.05) is 11.8 Å². The average molecular weight is 364 g/mol. The number of anilines is 1. The van der Waals surface area contributed by atoms with Gasteiger partial charge in [-0.2, -0.15) is 5.26 Å². The number of nitrogens with one attached hydrogen (secondary N) is 1. The summed E-state index contributed by atoms with van der Waals surface area (Å²) in [7, 11) is 0. The molecule has 27 heavy (non-hydrogen) atoms. The molecule has 0 saturated heterocycles. The van der Waals surface area contributed by atoms with Gasteiger partial charge in [-0.3, -0.25) is 4.79 Å². The predicted octanol–water partition coefficient (Wildman–Crippen LogP) is 4.81. The molecule has 5 heteroatoms. The van der Waals surface area contributed by atoms with Crippen LogP contribution in [0, 0.1) is 11.3 Å². The number of hydrogen-bond donors (Lipinski definition) is 1. The smallest absolute Gasteiger partial charge is 0.266 e. The number of carbonyl (C=O) groups excluding carboxylic acids is 1. The molecule has 0 heterocycles. The Bertz CT molecular complexity index is 847. The molecule has 1 amide bonds. The van der Waals surface area contributed by atoms with Gasteiger partial charge in [-0.1, -0.05) is 18.2 Å². The van der Waals surface area contributed by atoms with Crippen LogP contribution in [0.25, 0.3) is 6.08 Å². The lowest BCUT2D eigenvalue weighted by atomic mass is 10.1. The summed E-state index contributed by atoms with van der Waals surface area (Å²) >= 11 is 0. The van der Waals surface area contributed by atoms with Gasteiger partial charge in [-0.15, -0.1) is 0 Å². The third kappa shape index (κ3) is 6.52. The van der Waals surface area contributed by atoms with E-state index in [-0.39, 0.29) is 17.8 Å². The number of carbonyl (C=O) groups is 1. The molecule has 0 atom stereocenters. The zero-order valence-electron chi connectivity index (χ0n) is 16.0. The number of ether oxygens (including phenoxy) is 2. The van der Waals surface area contributed by atoms with E-state index >= 15 is 0 Å². The standard InChI is InChI=1S/C22H24N2O3/c1-15(2)26-20-10-8-17(9-11-20)12-18(14-23)22(25)24-19-6-5-7-21(13-19)27-16(3)4/h5-13,15-16H,1-4H3,(H,24,25)/b18-12-. The lowest BCUT2D eigenvalue weighted by molar-refractivity contribution is -0.112. The molecule has 2 aromatic rings. The van der Waals surface area contributed by atoms with Crippen LogP contribution >= 0.6 is 0 Å². The highest BCUT2D eigenvalue weighted by molar-refractivity contribution is 6.09. The van der Waals surface area contributed by atoms with E-state index in [4.69, 9.17) is 9.47 Å². The van der Waals surface area contributed by atoms with Gasteiger partial charge in [0.05, 0.1) is 12.2 Å².